The average molecular weight is 438 g/mol. The summed E-state index contributed by atoms with van der Waals surface area (Å²) >= 11 is 0. The van der Waals surface area contributed by atoms with Crippen molar-refractivity contribution >= 4 is 17.4 Å². The fourth-order valence-electron chi connectivity index (χ4n) is 3.90. The van der Waals surface area contributed by atoms with Crippen LogP contribution in [0.25, 0.3) is 5.76 Å². The van der Waals surface area contributed by atoms with Gasteiger partial charge in [0.25, 0.3) is 11.7 Å². The number of likely N-dealkylation sites (N-methyl/N-ethyl adjacent to an activating group) is 1. The van der Waals surface area contributed by atoms with Crippen molar-refractivity contribution in [3.05, 3.63) is 65.5 Å². The van der Waals surface area contributed by atoms with Crippen LogP contribution in [0.4, 0.5) is 0 Å². The van der Waals surface area contributed by atoms with Crippen LogP contribution in [0.3, 0.4) is 0 Å². The molecule has 1 amide bonds. The molecule has 32 heavy (non-hydrogen) atoms. The van der Waals surface area contributed by atoms with Gasteiger partial charge in [-0.2, -0.15) is 0 Å². The molecule has 1 aromatic carbocycles. The van der Waals surface area contributed by atoms with Gasteiger partial charge in [-0.3, -0.25) is 14.6 Å². The van der Waals surface area contributed by atoms with Crippen molar-refractivity contribution in [2.75, 3.05) is 26.2 Å². The van der Waals surface area contributed by atoms with Gasteiger partial charge in [-0.25, -0.2) is 0 Å². The molecule has 7 heteroatoms. The maximum Gasteiger partial charge on any atom is 0.295 e. The summed E-state index contributed by atoms with van der Waals surface area (Å²) in [6.07, 6.45) is 3.29. The van der Waals surface area contributed by atoms with Gasteiger partial charge in [0.05, 0.1) is 17.7 Å². The number of benzene rings is 1. The van der Waals surface area contributed by atoms with Gasteiger partial charge < -0.3 is 19.6 Å². The molecule has 7 nitrogen and oxygen atoms in total. The predicted octanol–water partition coefficient (Wildman–Crippen LogP) is 3.63. The number of nitrogens with zero attached hydrogens (tertiary/aromatic N) is 3. The highest BCUT2D eigenvalue weighted by Crippen LogP contribution is 2.39. The Labute approximate surface area is 189 Å². The summed E-state index contributed by atoms with van der Waals surface area (Å²) < 4.78 is 5.66. The minimum absolute atomic E-state index is 0.0242. The fraction of sp³-hybridized carbons (Fsp3) is 0.400. The lowest BCUT2D eigenvalue weighted by Gasteiger charge is -2.28. The van der Waals surface area contributed by atoms with Crippen LogP contribution in [0.2, 0.25) is 0 Å². The van der Waals surface area contributed by atoms with Crippen molar-refractivity contribution in [2.45, 2.75) is 39.8 Å². The van der Waals surface area contributed by atoms with E-state index in [2.05, 4.69) is 23.7 Å². The number of likely N-dealkylation sites (tertiary alicyclic amines) is 1. The molecule has 0 unspecified atom stereocenters. The van der Waals surface area contributed by atoms with E-state index in [4.69, 9.17) is 4.74 Å². The molecule has 1 aromatic heterocycles. The first-order chi connectivity index (χ1) is 15.4. The Morgan fingerprint density at radius 1 is 1.16 bits per heavy atom. The maximum absolute atomic E-state index is 13.0. The quantitative estimate of drug-likeness (QED) is 0.366. The monoisotopic (exact) mass is 437 g/mol. The number of Topliss-reactive ketones (excluding diaryl/α,β-unsaturated/α-hetero) is 1. The summed E-state index contributed by atoms with van der Waals surface area (Å²) in [4.78, 5) is 33.9. The maximum atomic E-state index is 13.0. The molecule has 0 saturated carbocycles. The summed E-state index contributed by atoms with van der Waals surface area (Å²) in [5, 5.41) is 11.1. The van der Waals surface area contributed by atoms with E-state index in [0.717, 1.165) is 13.1 Å². The van der Waals surface area contributed by atoms with Crippen LogP contribution in [0.15, 0.2) is 54.4 Å². The number of amides is 1. The molecular formula is C25H31N3O4. The van der Waals surface area contributed by atoms with Crippen molar-refractivity contribution in [2.24, 2.45) is 0 Å². The van der Waals surface area contributed by atoms with E-state index < -0.39 is 17.7 Å². The van der Waals surface area contributed by atoms with E-state index in [1.165, 1.54) is 0 Å². The highest BCUT2D eigenvalue weighted by atomic mass is 16.5. The number of rotatable bonds is 9. The van der Waals surface area contributed by atoms with Crippen molar-refractivity contribution in [3.63, 3.8) is 0 Å². The summed E-state index contributed by atoms with van der Waals surface area (Å²) in [6, 6.07) is 9.76. The molecule has 0 radical (unpaired) electrons. The highest BCUT2D eigenvalue weighted by molar-refractivity contribution is 6.46. The Kier molecular flexibility index (Phi) is 7.64. The predicted molar refractivity (Wildman–Crippen MR) is 123 cm³/mol. The molecule has 1 N–H and O–H groups in total. The van der Waals surface area contributed by atoms with Crippen molar-refractivity contribution in [1.29, 1.82) is 0 Å². The zero-order valence-electron chi connectivity index (χ0n) is 19.1. The van der Waals surface area contributed by atoms with E-state index in [-0.39, 0.29) is 17.4 Å². The molecule has 2 aromatic rings. The van der Waals surface area contributed by atoms with Gasteiger partial charge in [-0.1, -0.05) is 19.9 Å². The molecule has 0 bridgehead atoms. The van der Waals surface area contributed by atoms with Crippen LogP contribution in [0, 0.1) is 0 Å². The van der Waals surface area contributed by atoms with Gasteiger partial charge >= 0.3 is 0 Å². The van der Waals surface area contributed by atoms with Gasteiger partial charge in [0, 0.05) is 31.0 Å². The second-order valence-corrected chi connectivity index (χ2v) is 8.00. The van der Waals surface area contributed by atoms with Crippen LogP contribution in [0.1, 0.15) is 44.9 Å². The molecule has 2 heterocycles. The van der Waals surface area contributed by atoms with Gasteiger partial charge in [-0.15, -0.1) is 0 Å². The Morgan fingerprint density at radius 3 is 2.41 bits per heavy atom. The summed E-state index contributed by atoms with van der Waals surface area (Å²) in [7, 11) is 0. The molecule has 0 spiro atoms. The standard InChI is InChI=1S/C25H31N3O4/c1-5-27(6-2)14-15-28-22(19-8-7-13-26-16-19)21(24(30)25(28)31)23(29)18-9-11-20(12-10-18)32-17(3)4/h7-13,16-17,22,29H,5-6,14-15H2,1-4H3/t22-/m1/s1. The third-order valence-corrected chi connectivity index (χ3v) is 5.59. The van der Waals surface area contributed by atoms with E-state index >= 15 is 0 Å². The molecule has 3 rings (SSSR count). The first kappa shape index (κ1) is 23.5. The lowest BCUT2D eigenvalue weighted by molar-refractivity contribution is -0.140. The number of carbonyl (C=O) groups excluding carboxylic acids is 2. The van der Waals surface area contributed by atoms with Gasteiger partial charge in [0.1, 0.15) is 11.5 Å². The second kappa shape index (κ2) is 10.4. The van der Waals surface area contributed by atoms with Crippen LogP contribution in [-0.2, 0) is 9.59 Å². The number of aromatic nitrogens is 1. The Morgan fingerprint density at radius 2 is 1.84 bits per heavy atom. The Bertz CT molecular complexity index is 966. The average Bonchev–Trinajstić information content (AvgIpc) is 3.05. The van der Waals surface area contributed by atoms with Crippen molar-refractivity contribution in [3.8, 4) is 5.75 Å². The van der Waals surface area contributed by atoms with Crippen LogP contribution < -0.4 is 4.74 Å². The molecule has 170 valence electrons. The SMILES string of the molecule is CCN(CC)CCN1C(=O)C(=O)C(=C(O)c2ccc(OC(C)C)cc2)[C@H]1c1cccnc1. The molecule has 0 aliphatic carbocycles. The van der Waals surface area contributed by atoms with Crippen LogP contribution >= 0.6 is 0 Å². The Balaban J connectivity index is 2.02. The largest absolute Gasteiger partial charge is 0.507 e. The number of hydrogen-bond donors (Lipinski definition) is 1. The second-order valence-electron chi connectivity index (χ2n) is 8.00. The van der Waals surface area contributed by atoms with E-state index in [9.17, 15) is 14.7 Å². The fourth-order valence-corrected chi connectivity index (χ4v) is 3.90. The molecule has 1 aliphatic heterocycles. The van der Waals surface area contributed by atoms with Crippen LogP contribution in [0.5, 0.6) is 5.75 Å². The molecule has 1 saturated heterocycles. The van der Waals surface area contributed by atoms with E-state index in [1.807, 2.05) is 19.9 Å². The molecule has 1 fully saturated rings. The summed E-state index contributed by atoms with van der Waals surface area (Å²) in [5.41, 5.74) is 1.23. The first-order valence-electron chi connectivity index (χ1n) is 11.0. The topological polar surface area (TPSA) is 83.0 Å². The minimum atomic E-state index is -0.689. The third kappa shape index (κ3) is 4.99. The summed E-state index contributed by atoms with van der Waals surface area (Å²) in [5.74, 6) is -0.815. The lowest BCUT2D eigenvalue weighted by Crippen LogP contribution is -2.38. The number of ether oxygens (including phenoxy) is 1. The molecular weight excluding hydrogens is 406 g/mol. The Hall–Kier alpha value is -3.19. The van der Waals surface area contributed by atoms with E-state index in [0.29, 0.717) is 30.0 Å². The van der Waals surface area contributed by atoms with Gasteiger partial charge in [0.15, 0.2) is 0 Å². The van der Waals surface area contributed by atoms with Crippen molar-refractivity contribution < 1.29 is 19.4 Å². The third-order valence-electron chi connectivity index (χ3n) is 5.59. The smallest absolute Gasteiger partial charge is 0.295 e. The molecule has 1 aliphatic rings. The number of ketones is 1. The molecule has 1 atom stereocenters. The van der Waals surface area contributed by atoms with Gasteiger partial charge in [0.2, 0.25) is 0 Å². The zero-order valence-corrected chi connectivity index (χ0v) is 19.1. The van der Waals surface area contributed by atoms with Crippen LogP contribution in [-0.4, -0.2) is 63.9 Å². The van der Waals surface area contributed by atoms with E-state index in [1.54, 1.807) is 47.6 Å². The first-order valence-corrected chi connectivity index (χ1v) is 11.0. The zero-order chi connectivity index (χ0) is 23.3. The highest BCUT2D eigenvalue weighted by Gasteiger charge is 2.46. The normalized spacial score (nSPS) is 18.1. The minimum Gasteiger partial charge on any atom is -0.507 e. The van der Waals surface area contributed by atoms with Crippen molar-refractivity contribution in [1.82, 2.24) is 14.8 Å². The number of hydrogen-bond acceptors (Lipinski definition) is 6. The summed E-state index contributed by atoms with van der Waals surface area (Å²) in [6.45, 7) is 10.7. The number of aliphatic hydroxyl groups excluding tert-OH is 1. The number of aliphatic hydroxyl groups is 1. The number of pyridine rings is 1. The number of carbonyl (C=O) groups is 2. The lowest BCUT2D eigenvalue weighted by atomic mass is 9.96. The van der Waals surface area contributed by atoms with Gasteiger partial charge in [-0.05, 0) is 62.8 Å².